The van der Waals surface area contributed by atoms with Gasteiger partial charge in [-0.1, -0.05) is 29.8 Å². The summed E-state index contributed by atoms with van der Waals surface area (Å²) in [6.45, 7) is 2.79. The zero-order valence-corrected chi connectivity index (χ0v) is 12.8. The number of carbonyl (C=O) groups is 1. The van der Waals surface area contributed by atoms with E-state index in [2.05, 4.69) is 5.32 Å². The Morgan fingerprint density at radius 1 is 1.13 bits per heavy atom. The van der Waals surface area contributed by atoms with Gasteiger partial charge in [-0.3, -0.25) is 9.59 Å². The van der Waals surface area contributed by atoms with Crippen LogP contribution in [0.5, 0.6) is 0 Å². The summed E-state index contributed by atoms with van der Waals surface area (Å²) in [6.07, 6.45) is 2.59. The van der Waals surface area contributed by atoms with E-state index >= 15 is 0 Å². The molecular formula is C19H16N2O2. The second-order valence-electron chi connectivity index (χ2n) is 5.95. The number of benzene rings is 2. The van der Waals surface area contributed by atoms with Crippen LogP contribution in [0.15, 0.2) is 53.5 Å². The van der Waals surface area contributed by atoms with Crippen LogP contribution in [0.25, 0.3) is 10.9 Å². The molecule has 114 valence electrons. The van der Waals surface area contributed by atoms with Gasteiger partial charge in [-0.2, -0.15) is 0 Å². The highest BCUT2D eigenvalue weighted by atomic mass is 16.2. The molecule has 4 rings (SSSR count). The predicted molar refractivity (Wildman–Crippen MR) is 91.0 cm³/mol. The van der Waals surface area contributed by atoms with E-state index in [-0.39, 0.29) is 16.9 Å². The van der Waals surface area contributed by atoms with Crippen molar-refractivity contribution in [3.63, 3.8) is 0 Å². The predicted octanol–water partition coefficient (Wildman–Crippen LogP) is 3.12. The zero-order valence-electron chi connectivity index (χ0n) is 12.8. The molecule has 0 saturated heterocycles. The van der Waals surface area contributed by atoms with Gasteiger partial charge in [0.15, 0.2) is 0 Å². The third-order valence-electron chi connectivity index (χ3n) is 4.36. The number of nitrogens with zero attached hydrogens (tertiary/aromatic N) is 1. The van der Waals surface area contributed by atoms with Gasteiger partial charge in [-0.25, -0.2) is 0 Å². The Kier molecular flexibility index (Phi) is 3.05. The molecule has 4 heteroatoms. The normalized spacial score (nSPS) is 12.6. The molecule has 0 fully saturated rings. The van der Waals surface area contributed by atoms with Gasteiger partial charge in [-0.05, 0) is 37.1 Å². The number of aryl methyl sites for hydroxylation is 3. The third kappa shape index (κ3) is 2.23. The first kappa shape index (κ1) is 13.8. The van der Waals surface area contributed by atoms with E-state index in [9.17, 15) is 9.59 Å². The van der Waals surface area contributed by atoms with E-state index < -0.39 is 0 Å². The molecule has 0 radical (unpaired) electrons. The second kappa shape index (κ2) is 5.09. The molecule has 1 amide bonds. The molecule has 2 aromatic carbocycles. The Bertz CT molecular complexity index is 985. The maximum absolute atomic E-state index is 12.7. The van der Waals surface area contributed by atoms with Crippen molar-refractivity contribution in [2.75, 3.05) is 5.32 Å². The molecular weight excluding hydrogens is 288 g/mol. The fourth-order valence-corrected chi connectivity index (χ4v) is 3.15. The van der Waals surface area contributed by atoms with Crippen molar-refractivity contribution in [2.45, 2.75) is 19.9 Å². The first-order valence-corrected chi connectivity index (χ1v) is 7.66. The van der Waals surface area contributed by atoms with Gasteiger partial charge >= 0.3 is 0 Å². The van der Waals surface area contributed by atoms with Crippen molar-refractivity contribution in [1.82, 2.24) is 4.57 Å². The Labute approximate surface area is 133 Å². The minimum absolute atomic E-state index is 0.192. The van der Waals surface area contributed by atoms with E-state index in [1.807, 2.05) is 47.9 Å². The lowest BCUT2D eigenvalue weighted by Crippen LogP contribution is -2.23. The van der Waals surface area contributed by atoms with Crippen molar-refractivity contribution in [1.29, 1.82) is 0 Å². The molecule has 4 nitrogen and oxygen atoms in total. The van der Waals surface area contributed by atoms with Crippen LogP contribution in [0.3, 0.4) is 0 Å². The summed E-state index contributed by atoms with van der Waals surface area (Å²) in [4.78, 5) is 25.2. The molecule has 1 aromatic heterocycles. The lowest BCUT2D eigenvalue weighted by atomic mass is 10.1. The molecule has 1 aliphatic rings. The highest BCUT2D eigenvalue weighted by molar-refractivity contribution is 6.06. The van der Waals surface area contributed by atoms with Gasteiger partial charge in [0, 0.05) is 23.8 Å². The molecule has 2 heterocycles. The number of anilines is 1. The van der Waals surface area contributed by atoms with Crippen LogP contribution in [0.1, 0.15) is 21.5 Å². The van der Waals surface area contributed by atoms with Crippen molar-refractivity contribution >= 4 is 22.5 Å². The molecule has 1 aliphatic heterocycles. The van der Waals surface area contributed by atoms with E-state index in [1.165, 1.54) is 5.56 Å². The summed E-state index contributed by atoms with van der Waals surface area (Å²) in [6, 6.07) is 13.2. The molecule has 23 heavy (non-hydrogen) atoms. The van der Waals surface area contributed by atoms with E-state index in [1.54, 1.807) is 12.3 Å². The number of rotatable bonds is 2. The maximum atomic E-state index is 12.7. The molecule has 0 bridgehead atoms. The van der Waals surface area contributed by atoms with Crippen LogP contribution in [0.4, 0.5) is 5.69 Å². The number of hydrogen-bond donors (Lipinski definition) is 1. The topological polar surface area (TPSA) is 51.1 Å². The minimum Gasteiger partial charge on any atom is -0.346 e. The quantitative estimate of drug-likeness (QED) is 0.791. The highest BCUT2D eigenvalue weighted by Gasteiger charge is 2.20. The number of nitrogens with one attached hydrogen (secondary N) is 1. The van der Waals surface area contributed by atoms with Crippen molar-refractivity contribution in [2.24, 2.45) is 0 Å². The monoisotopic (exact) mass is 304 g/mol. The fraction of sp³-hybridized carbons (Fsp3) is 0.158. The molecule has 1 N–H and O–H groups in total. The first-order valence-electron chi connectivity index (χ1n) is 7.66. The number of amides is 1. The largest absolute Gasteiger partial charge is 0.346 e. The van der Waals surface area contributed by atoms with Gasteiger partial charge in [0.25, 0.3) is 5.91 Å². The molecule has 0 spiro atoms. The van der Waals surface area contributed by atoms with Gasteiger partial charge in [0.2, 0.25) is 5.43 Å². The lowest BCUT2D eigenvalue weighted by Gasteiger charge is -2.09. The number of aromatic nitrogens is 1. The van der Waals surface area contributed by atoms with E-state index in [0.717, 1.165) is 24.0 Å². The highest BCUT2D eigenvalue weighted by Crippen LogP contribution is 2.24. The fourth-order valence-electron chi connectivity index (χ4n) is 3.15. The van der Waals surface area contributed by atoms with Crippen LogP contribution in [0.2, 0.25) is 0 Å². The van der Waals surface area contributed by atoms with Crippen LogP contribution in [-0.2, 0) is 13.0 Å². The number of pyridine rings is 1. The Morgan fingerprint density at radius 2 is 1.91 bits per heavy atom. The summed E-state index contributed by atoms with van der Waals surface area (Å²) in [5.74, 6) is -0.359. The average molecular weight is 304 g/mol. The summed E-state index contributed by atoms with van der Waals surface area (Å²) in [7, 11) is 0. The van der Waals surface area contributed by atoms with Crippen molar-refractivity contribution < 1.29 is 4.79 Å². The molecule has 0 aliphatic carbocycles. The van der Waals surface area contributed by atoms with Crippen LogP contribution in [-0.4, -0.2) is 10.5 Å². The van der Waals surface area contributed by atoms with Crippen molar-refractivity contribution in [3.8, 4) is 0 Å². The Morgan fingerprint density at radius 3 is 2.70 bits per heavy atom. The first-order chi connectivity index (χ1) is 11.1. The van der Waals surface area contributed by atoms with Gasteiger partial charge in [0.05, 0.1) is 5.52 Å². The molecule has 0 atom stereocenters. The summed E-state index contributed by atoms with van der Waals surface area (Å²) < 4.78 is 2.01. The average Bonchev–Trinajstić information content (AvgIpc) is 2.97. The molecule has 3 aromatic rings. The molecule has 0 saturated carbocycles. The standard InChI is InChI=1S/C19H16N2O2/c1-12-5-7-14(8-6-12)20-19(23)16-11-21-10-9-13-3-2-4-15(17(13)21)18(16)22/h2-8,11H,9-10H2,1H3,(H,20,23). The van der Waals surface area contributed by atoms with Gasteiger partial charge in [0.1, 0.15) is 5.56 Å². The summed E-state index contributed by atoms with van der Waals surface area (Å²) in [5.41, 5.74) is 3.93. The SMILES string of the molecule is Cc1ccc(NC(=O)c2cn3c4c(cccc4c2=O)CC3)cc1. The van der Waals surface area contributed by atoms with Gasteiger partial charge in [-0.15, -0.1) is 0 Å². The molecule has 0 unspecified atom stereocenters. The smallest absolute Gasteiger partial charge is 0.261 e. The maximum Gasteiger partial charge on any atom is 0.261 e. The van der Waals surface area contributed by atoms with E-state index in [0.29, 0.717) is 11.1 Å². The number of hydrogen-bond acceptors (Lipinski definition) is 2. The summed E-state index contributed by atoms with van der Waals surface area (Å²) in [5, 5.41) is 3.43. The number of para-hydroxylation sites is 1. The zero-order chi connectivity index (χ0) is 16.0. The van der Waals surface area contributed by atoms with Crippen molar-refractivity contribution in [3.05, 3.63) is 75.6 Å². The van der Waals surface area contributed by atoms with E-state index in [4.69, 9.17) is 0 Å². The second-order valence-corrected chi connectivity index (χ2v) is 5.95. The minimum atomic E-state index is -0.359. The summed E-state index contributed by atoms with van der Waals surface area (Å²) >= 11 is 0. The Balaban J connectivity index is 1.78. The van der Waals surface area contributed by atoms with Gasteiger partial charge < -0.3 is 9.88 Å². The van der Waals surface area contributed by atoms with Crippen LogP contribution >= 0.6 is 0 Å². The lowest BCUT2D eigenvalue weighted by molar-refractivity contribution is 0.102. The van der Waals surface area contributed by atoms with Crippen LogP contribution < -0.4 is 10.7 Å². The third-order valence-corrected chi connectivity index (χ3v) is 4.36. The van der Waals surface area contributed by atoms with Crippen LogP contribution in [0, 0.1) is 6.92 Å². The number of carbonyl (C=O) groups excluding carboxylic acids is 1. The Hall–Kier alpha value is -2.88.